The first-order valence-electron chi connectivity index (χ1n) is 6.39. The van der Waals surface area contributed by atoms with Gasteiger partial charge in [-0.05, 0) is 36.2 Å². The zero-order chi connectivity index (χ0) is 15.1. The van der Waals surface area contributed by atoms with E-state index in [0.717, 1.165) is 11.3 Å². The summed E-state index contributed by atoms with van der Waals surface area (Å²) in [5, 5.41) is 6.34. The number of carbonyl (C=O) groups is 1. The van der Waals surface area contributed by atoms with Crippen molar-refractivity contribution in [3.63, 3.8) is 0 Å². The van der Waals surface area contributed by atoms with Gasteiger partial charge in [-0.25, -0.2) is 0 Å². The van der Waals surface area contributed by atoms with Crippen LogP contribution in [0.4, 0.5) is 11.4 Å². The molecular weight excluding hydrogens is 264 g/mol. The quantitative estimate of drug-likeness (QED) is 0.377. The van der Waals surface area contributed by atoms with E-state index in [0.29, 0.717) is 11.3 Å². The number of hydrogen-bond donors (Lipinski definition) is 1. The highest BCUT2D eigenvalue weighted by Gasteiger charge is 1.99. The standard InChI is InChI=1S/C16H14N4O/c1-12-6-9-14(10-7-12)18-16(21)11-8-13-4-2-3-5-15(13)19-20-17/h2-11H,1H3,(H,18,21)/b11-8+. The van der Waals surface area contributed by atoms with E-state index < -0.39 is 0 Å². The average Bonchev–Trinajstić information content (AvgIpc) is 2.49. The van der Waals surface area contributed by atoms with Crippen LogP contribution in [0.25, 0.3) is 16.5 Å². The molecule has 0 aliphatic rings. The number of nitrogens with one attached hydrogen (secondary N) is 1. The Labute approximate surface area is 122 Å². The van der Waals surface area contributed by atoms with Crippen molar-refractivity contribution in [1.29, 1.82) is 0 Å². The lowest BCUT2D eigenvalue weighted by molar-refractivity contribution is -0.111. The van der Waals surface area contributed by atoms with Gasteiger partial charge in [0.25, 0.3) is 0 Å². The van der Waals surface area contributed by atoms with Crippen molar-refractivity contribution in [2.45, 2.75) is 6.92 Å². The minimum absolute atomic E-state index is 0.241. The van der Waals surface area contributed by atoms with Crippen molar-refractivity contribution >= 4 is 23.4 Å². The summed E-state index contributed by atoms with van der Waals surface area (Å²) in [4.78, 5) is 14.6. The van der Waals surface area contributed by atoms with Crippen molar-refractivity contribution in [3.8, 4) is 0 Å². The van der Waals surface area contributed by atoms with Gasteiger partial charge in [0.05, 0.1) is 0 Å². The summed E-state index contributed by atoms with van der Waals surface area (Å²) in [6, 6.07) is 14.6. The van der Waals surface area contributed by atoms with E-state index in [1.165, 1.54) is 6.08 Å². The fraction of sp³-hybridized carbons (Fsp3) is 0.0625. The van der Waals surface area contributed by atoms with Gasteiger partial charge in [0.1, 0.15) is 0 Å². The Morgan fingerprint density at radius 2 is 1.90 bits per heavy atom. The Hall–Kier alpha value is -3.04. The van der Waals surface area contributed by atoms with Crippen LogP contribution in [0.1, 0.15) is 11.1 Å². The maximum Gasteiger partial charge on any atom is 0.248 e. The third-order valence-corrected chi connectivity index (χ3v) is 2.82. The van der Waals surface area contributed by atoms with E-state index in [9.17, 15) is 4.79 Å². The van der Waals surface area contributed by atoms with Crippen LogP contribution in [0.2, 0.25) is 0 Å². The molecule has 104 valence electrons. The van der Waals surface area contributed by atoms with Crippen molar-refractivity contribution in [3.05, 3.63) is 76.2 Å². The van der Waals surface area contributed by atoms with Crippen LogP contribution < -0.4 is 5.32 Å². The third-order valence-electron chi connectivity index (χ3n) is 2.82. The number of hydrogen-bond acceptors (Lipinski definition) is 2. The number of nitrogens with zero attached hydrogens (tertiary/aromatic N) is 3. The maximum absolute atomic E-state index is 11.8. The molecule has 0 aliphatic heterocycles. The Bertz CT molecular complexity index is 713. The molecule has 0 aromatic heterocycles. The van der Waals surface area contributed by atoms with Gasteiger partial charge in [-0.2, -0.15) is 0 Å². The zero-order valence-corrected chi connectivity index (χ0v) is 11.5. The number of azide groups is 1. The first-order valence-corrected chi connectivity index (χ1v) is 6.39. The number of rotatable bonds is 4. The van der Waals surface area contributed by atoms with E-state index in [4.69, 9.17) is 5.53 Å². The predicted molar refractivity (Wildman–Crippen MR) is 84.1 cm³/mol. The summed E-state index contributed by atoms with van der Waals surface area (Å²) in [6.07, 6.45) is 3.03. The minimum atomic E-state index is -0.241. The molecule has 0 saturated carbocycles. The molecule has 0 unspecified atom stereocenters. The smallest absolute Gasteiger partial charge is 0.248 e. The highest BCUT2D eigenvalue weighted by molar-refractivity contribution is 6.02. The molecule has 0 aliphatic carbocycles. The molecule has 2 rings (SSSR count). The second kappa shape index (κ2) is 6.93. The second-order valence-electron chi connectivity index (χ2n) is 4.44. The number of benzene rings is 2. The van der Waals surface area contributed by atoms with Gasteiger partial charge in [-0.1, -0.05) is 47.1 Å². The molecular formula is C16H14N4O. The lowest BCUT2D eigenvalue weighted by Gasteiger charge is -2.02. The van der Waals surface area contributed by atoms with Crippen LogP contribution >= 0.6 is 0 Å². The SMILES string of the molecule is Cc1ccc(NC(=O)/C=C/c2ccccc2N=[N+]=[N-])cc1. The van der Waals surface area contributed by atoms with Gasteiger partial charge in [0, 0.05) is 22.4 Å². The molecule has 21 heavy (non-hydrogen) atoms. The van der Waals surface area contributed by atoms with E-state index >= 15 is 0 Å². The summed E-state index contributed by atoms with van der Waals surface area (Å²) in [5.41, 5.74) is 11.5. The molecule has 2 aromatic carbocycles. The summed E-state index contributed by atoms with van der Waals surface area (Å²) in [7, 11) is 0. The van der Waals surface area contributed by atoms with Crippen molar-refractivity contribution in [1.82, 2.24) is 0 Å². The van der Waals surface area contributed by atoms with Gasteiger partial charge in [-0.15, -0.1) is 0 Å². The summed E-state index contributed by atoms with van der Waals surface area (Å²) in [6.45, 7) is 1.98. The monoisotopic (exact) mass is 278 g/mol. The number of aryl methyl sites for hydroxylation is 1. The third kappa shape index (κ3) is 4.23. The van der Waals surface area contributed by atoms with Gasteiger partial charge in [0.15, 0.2) is 0 Å². The highest BCUT2D eigenvalue weighted by atomic mass is 16.1. The van der Waals surface area contributed by atoms with E-state index in [1.54, 1.807) is 24.3 Å². The first-order chi connectivity index (χ1) is 10.2. The minimum Gasteiger partial charge on any atom is -0.323 e. The molecule has 0 spiro atoms. The van der Waals surface area contributed by atoms with Gasteiger partial charge >= 0.3 is 0 Å². The lowest BCUT2D eigenvalue weighted by Crippen LogP contribution is -2.07. The van der Waals surface area contributed by atoms with Crippen LogP contribution in [-0.2, 0) is 4.79 Å². The number of carbonyl (C=O) groups excluding carboxylic acids is 1. The zero-order valence-electron chi connectivity index (χ0n) is 11.5. The number of anilines is 1. The summed E-state index contributed by atoms with van der Waals surface area (Å²) >= 11 is 0. The van der Waals surface area contributed by atoms with Gasteiger partial charge in [-0.3, -0.25) is 4.79 Å². The second-order valence-corrected chi connectivity index (χ2v) is 4.44. The predicted octanol–water partition coefficient (Wildman–Crippen LogP) is 4.59. The Kier molecular flexibility index (Phi) is 4.75. The molecule has 0 bridgehead atoms. The van der Waals surface area contributed by atoms with Crippen molar-refractivity contribution < 1.29 is 4.79 Å². The Balaban J connectivity index is 2.09. The van der Waals surface area contributed by atoms with Crippen LogP contribution in [-0.4, -0.2) is 5.91 Å². The molecule has 0 radical (unpaired) electrons. The van der Waals surface area contributed by atoms with E-state index in [2.05, 4.69) is 15.3 Å². The molecule has 0 saturated heterocycles. The van der Waals surface area contributed by atoms with Crippen molar-refractivity contribution in [2.75, 3.05) is 5.32 Å². The lowest BCUT2D eigenvalue weighted by atomic mass is 10.1. The summed E-state index contributed by atoms with van der Waals surface area (Å²) in [5.74, 6) is -0.241. The fourth-order valence-corrected chi connectivity index (χ4v) is 1.75. The molecule has 2 aromatic rings. The van der Waals surface area contributed by atoms with Crippen LogP contribution in [0.5, 0.6) is 0 Å². The molecule has 1 N–H and O–H groups in total. The normalized spacial score (nSPS) is 10.1. The Morgan fingerprint density at radius 1 is 1.19 bits per heavy atom. The van der Waals surface area contributed by atoms with E-state index in [1.807, 2.05) is 37.3 Å². The number of amides is 1. The van der Waals surface area contributed by atoms with Gasteiger partial charge < -0.3 is 5.32 Å². The molecule has 0 heterocycles. The summed E-state index contributed by atoms with van der Waals surface area (Å²) < 4.78 is 0. The maximum atomic E-state index is 11.8. The van der Waals surface area contributed by atoms with Crippen LogP contribution in [0.3, 0.4) is 0 Å². The van der Waals surface area contributed by atoms with Crippen LogP contribution in [0, 0.1) is 6.92 Å². The molecule has 0 fully saturated rings. The molecule has 0 atom stereocenters. The fourth-order valence-electron chi connectivity index (χ4n) is 1.75. The van der Waals surface area contributed by atoms with Crippen LogP contribution in [0.15, 0.2) is 59.7 Å². The van der Waals surface area contributed by atoms with Crippen molar-refractivity contribution in [2.24, 2.45) is 5.11 Å². The largest absolute Gasteiger partial charge is 0.323 e. The first kappa shape index (κ1) is 14.4. The molecule has 1 amide bonds. The van der Waals surface area contributed by atoms with E-state index in [-0.39, 0.29) is 5.91 Å². The average molecular weight is 278 g/mol. The molecule has 5 heteroatoms. The highest BCUT2D eigenvalue weighted by Crippen LogP contribution is 2.20. The molecule has 5 nitrogen and oxygen atoms in total. The van der Waals surface area contributed by atoms with Gasteiger partial charge in [0.2, 0.25) is 5.91 Å². The topological polar surface area (TPSA) is 77.9 Å². The Morgan fingerprint density at radius 3 is 2.62 bits per heavy atom.